The lowest BCUT2D eigenvalue weighted by atomic mass is 10.2. The molecule has 1 amide bonds. The van der Waals surface area contributed by atoms with Gasteiger partial charge in [-0.2, -0.15) is 0 Å². The molecule has 0 saturated heterocycles. The minimum atomic E-state index is -0.718. The van der Waals surface area contributed by atoms with Crippen molar-refractivity contribution >= 4 is 17.5 Å². The summed E-state index contributed by atoms with van der Waals surface area (Å²) in [5, 5.41) is -0.431. The molecular formula is C13H20ClF2NO. The van der Waals surface area contributed by atoms with E-state index in [1.807, 2.05) is 0 Å². The van der Waals surface area contributed by atoms with Gasteiger partial charge < -0.3 is 5.73 Å². The first kappa shape index (κ1) is 19.2. The Morgan fingerprint density at radius 1 is 1.28 bits per heavy atom. The lowest BCUT2D eigenvalue weighted by Crippen LogP contribution is -2.01. The van der Waals surface area contributed by atoms with Crippen molar-refractivity contribution in [1.29, 1.82) is 0 Å². The maximum Gasteiger partial charge on any atom is 0.214 e. The topological polar surface area (TPSA) is 43.1 Å². The zero-order chi connectivity index (χ0) is 14.7. The van der Waals surface area contributed by atoms with Crippen molar-refractivity contribution in [2.45, 2.75) is 40.5 Å². The number of unbranched alkanes of at least 4 members (excludes halogenated alkanes) is 1. The van der Waals surface area contributed by atoms with Crippen molar-refractivity contribution in [2.75, 3.05) is 0 Å². The van der Waals surface area contributed by atoms with Crippen molar-refractivity contribution in [3.63, 3.8) is 0 Å². The normalized spacial score (nSPS) is 8.61. The van der Waals surface area contributed by atoms with Crippen LogP contribution in [0.1, 0.15) is 39.2 Å². The Hall–Kier alpha value is -1.16. The van der Waals surface area contributed by atoms with E-state index in [2.05, 4.69) is 19.6 Å². The predicted molar refractivity (Wildman–Crippen MR) is 71.6 cm³/mol. The van der Waals surface area contributed by atoms with E-state index >= 15 is 0 Å². The van der Waals surface area contributed by atoms with Crippen molar-refractivity contribution in [3.05, 3.63) is 34.4 Å². The Morgan fingerprint density at radius 3 is 1.94 bits per heavy atom. The molecule has 0 bridgehead atoms. The summed E-state index contributed by atoms with van der Waals surface area (Å²) < 4.78 is 25.0. The van der Waals surface area contributed by atoms with Crippen molar-refractivity contribution in [2.24, 2.45) is 5.73 Å². The molecule has 0 unspecified atom stereocenters. The van der Waals surface area contributed by atoms with Gasteiger partial charge >= 0.3 is 0 Å². The van der Waals surface area contributed by atoms with Crippen molar-refractivity contribution in [1.82, 2.24) is 0 Å². The molecule has 0 spiro atoms. The summed E-state index contributed by atoms with van der Waals surface area (Å²) in [5.74, 6) is -1.73. The van der Waals surface area contributed by atoms with Crippen LogP contribution in [0.3, 0.4) is 0 Å². The third kappa shape index (κ3) is 10.0. The SMILES string of the molecule is CC(N)=O.CCCC.Cc1ccc(F)c(Cl)c1F. The molecule has 0 fully saturated rings. The lowest BCUT2D eigenvalue weighted by molar-refractivity contribution is -0.115. The fraction of sp³-hybridized carbons (Fsp3) is 0.462. The second kappa shape index (κ2) is 11.0. The summed E-state index contributed by atoms with van der Waals surface area (Å²) in [6.07, 6.45) is 2.64. The van der Waals surface area contributed by atoms with Crippen molar-refractivity contribution in [3.8, 4) is 0 Å². The van der Waals surface area contributed by atoms with Gasteiger partial charge in [-0.25, -0.2) is 8.78 Å². The molecule has 1 rings (SSSR count). The molecule has 5 heteroatoms. The molecule has 2 nitrogen and oxygen atoms in total. The van der Waals surface area contributed by atoms with E-state index in [1.165, 1.54) is 32.8 Å². The Bertz CT molecular complexity index is 337. The highest BCUT2D eigenvalue weighted by atomic mass is 35.5. The van der Waals surface area contributed by atoms with Gasteiger partial charge in [-0.15, -0.1) is 0 Å². The molecule has 0 radical (unpaired) electrons. The van der Waals surface area contributed by atoms with E-state index in [0.717, 1.165) is 6.07 Å². The second-order valence-electron chi connectivity index (χ2n) is 3.60. The largest absolute Gasteiger partial charge is 0.370 e. The zero-order valence-electron chi connectivity index (χ0n) is 11.2. The molecule has 0 aromatic heterocycles. The number of primary amides is 1. The summed E-state index contributed by atoms with van der Waals surface area (Å²) in [5.41, 5.74) is 4.83. The van der Waals surface area contributed by atoms with Gasteiger partial charge in [0.15, 0.2) is 0 Å². The first-order valence-electron chi connectivity index (χ1n) is 5.63. The van der Waals surface area contributed by atoms with E-state index in [9.17, 15) is 13.6 Å². The van der Waals surface area contributed by atoms with Gasteiger partial charge in [0.25, 0.3) is 0 Å². The van der Waals surface area contributed by atoms with Crippen LogP contribution in [-0.2, 0) is 4.79 Å². The summed E-state index contributed by atoms with van der Waals surface area (Å²) in [6, 6.07) is 2.48. The van der Waals surface area contributed by atoms with Crippen LogP contribution in [0.4, 0.5) is 8.78 Å². The fourth-order valence-corrected chi connectivity index (χ4v) is 0.834. The van der Waals surface area contributed by atoms with Gasteiger partial charge in [0.05, 0.1) is 0 Å². The molecule has 1 aromatic carbocycles. The maximum absolute atomic E-state index is 12.6. The van der Waals surface area contributed by atoms with E-state index in [0.29, 0.717) is 5.56 Å². The number of nitrogens with two attached hydrogens (primary N) is 1. The van der Waals surface area contributed by atoms with Crippen LogP contribution in [0.25, 0.3) is 0 Å². The fourth-order valence-electron chi connectivity index (χ4n) is 0.622. The zero-order valence-corrected chi connectivity index (χ0v) is 11.9. The van der Waals surface area contributed by atoms with E-state index in [-0.39, 0.29) is 5.91 Å². The van der Waals surface area contributed by atoms with Crippen molar-refractivity contribution < 1.29 is 13.6 Å². The maximum atomic E-state index is 12.6. The van der Waals surface area contributed by atoms with Gasteiger partial charge in [-0.1, -0.05) is 44.4 Å². The molecule has 0 saturated carbocycles. The van der Waals surface area contributed by atoms with E-state index in [4.69, 9.17) is 11.6 Å². The molecule has 0 aliphatic carbocycles. The van der Waals surface area contributed by atoms with Crippen LogP contribution in [0.2, 0.25) is 5.02 Å². The molecule has 0 aliphatic heterocycles. The number of hydrogen-bond donors (Lipinski definition) is 1. The van der Waals surface area contributed by atoms with E-state index in [1.54, 1.807) is 0 Å². The number of halogens is 3. The minimum absolute atomic E-state index is 0.333. The number of rotatable bonds is 1. The first-order chi connectivity index (χ1) is 8.27. The molecular weight excluding hydrogens is 260 g/mol. The Balaban J connectivity index is 0. The molecule has 1 aromatic rings. The van der Waals surface area contributed by atoms with Gasteiger partial charge in [0, 0.05) is 6.92 Å². The van der Waals surface area contributed by atoms with Crippen LogP contribution in [0, 0.1) is 18.6 Å². The van der Waals surface area contributed by atoms with Crippen LogP contribution >= 0.6 is 11.6 Å². The molecule has 2 N–H and O–H groups in total. The second-order valence-corrected chi connectivity index (χ2v) is 3.98. The van der Waals surface area contributed by atoms with Gasteiger partial charge in [-0.3, -0.25) is 4.79 Å². The van der Waals surface area contributed by atoms with Gasteiger partial charge in [0.2, 0.25) is 5.91 Å². The summed E-state index contributed by atoms with van der Waals surface area (Å²) in [7, 11) is 0. The van der Waals surface area contributed by atoms with Crippen LogP contribution < -0.4 is 5.73 Å². The summed E-state index contributed by atoms with van der Waals surface area (Å²) in [6.45, 7) is 7.20. The number of benzene rings is 1. The quantitative estimate of drug-likeness (QED) is 0.768. The highest BCUT2D eigenvalue weighted by Crippen LogP contribution is 2.20. The number of carbonyl (C=O) groups excluding carboxylic acids is 1. The lowest BCUT2D eigenvalue weighted by Gasteiger charge is -1.97. The van der Waals surface area contributed by atoms with Crippen LogP contribution in [0.15, 0.2) is 12.1 Å². The monoisotopic (exact) mass is 279 g/mol. The average molecular weight is 280 g/mol. The predicted octanol–water partition coefficient (Wildman–Crippen LogP) is 4.22. The van der Waals surface area contributed by atoms with E-state index < -0.39 is 16.7 Å². The highest BCUT2D eigenvalue weighted by molar-refractivity contribution is 6.30. The highest BCUT2D eigenvalue weighted by Gasteiger charge is 2.07. The van der Waals surface area contributed by atoms with Crippen LogP contribution in [-0.4, -0.2) is 5.91 Å². The summed E-state index contributed by atoms with van der Waals surface area (Å²) >= 11 is 5.23. The molecule has 0 atom stereocenters. The smallest absolute Gasteiger partial charge is 0.214 e. The molecule has 18 heavy (non-hydrogen) atoms. The third-order valence-corrected chi connectivity index (χ3v) is 2.07. The number of amides is 1. The number of aryl methyl sites for hydroxylation is 1. The Labute approximate surface area is 112 Å². The third-order valence-electron chi connectivity index (χ3n) is 1.73. The summed E-state index contributed by atoms with van der Waals surface area (Å²) in [4.78, 5) is 9.22. The standard InChI is InChI=1S/C7H5ClF2.C4H10.C2H5NO/c1-4-2-3-5(9)6(8)7(4)10;1-3-4-2;1-2(3)4/h2-3H,1H3;3-4H2,1-2H3;1H3,(H2,3,4). The molecule has 0 aliphatic rings. The van der Waals surface area contributed by atoms with Crippen LogP contribution in [0.5, 0.6) is 0 Å². The van der Waals surface area contributed by atoms with Gasteiger partial charge in [-0.05, 0) is 18.6 Å². The first-order valence-corrected chi connectivity index (χ1v) is 6.01. The Kier molecular flexibility index (Phi) is 11.7. The number of hydrogen-bond acceptors (Lipinski definition) is 1. The average Bonchev–Trinajstić information content (AvgIpc) is 2.31. The van der Waals surface area contributed by atoms with Gasteiger partial charge in [0.1, 0.15) is 16.7 Å². The molecule has 0 heterocycles. The Morgan fingerprint density at radius 2 is 1.67 bits per heavy atom. The number of carbonyl (C=O) groups is 1. The molecule has 104 valence electrons. The minimum Gasteiger partial charge on any atom is -0.370 e.